The Labute approximate surface area is 140 Å². The predicted octanol–water partition coefficient (Wildman–Crippen LogP) is 2.65. The Kier molecular flexibility index (Phi) is 4.32. The zero-order chi connectivity index (χ0) is 16.8. The number of nitrogens with two attached hydrogens (primary N) is 1. The maximum Gasteiger partial charge on any atom is 0.124 e. The number of hydrogen-bond acceptors (Lipinski definition) is 4. The van der Waals surface area contributed by atoms with Crippen molar-refractivity contribution < 1.29 is 4.74 Å². The monoisotopic (exact) mass is 317 g/mol. The number of nitrogens with zero attached hydrogens (tertiary/aromatic N) is 2. The van der Waals surface area contributed by atoms with Gasteiger partial charge in [-0.05, 0) is 52.7 Å². The molecule has 0 amide bonds. The van der Waals surface area contributed by atoms with Gasteiger partial charge in [0, 0.05) is 48.5 Å². The molecule has 2 aliphatic heterocycles. The molecule has 23 heavy (non-hydrogen) atoms. The summed E-state index contributed by atoms with van der Waals surface area (Å²) < 4.78 is 5.84. The molecule has 1 aromatic rings. The zero-order valence-electron chi connectivity index (χ0n) is 15.2. The summed E-state index contributed by atoms with van der Waals surface area (Å²) in [6.45, 7) is 14.4. The van der Waals surface area contributed by atoms with Crippen LogP contribution >= 0.6 is 0 Å². The second-order valence-electron chi connectivity index (χ2n) is 8.11. The first kappa shape index (κ1) is 16.6. The second kappa shape index (κ2) is 5.99. The van der Waals surface area contributed by atoms with Gasteiger partial charge in [-0.15, -0.1) is 0 Å². The molecule has 0 saturated carbocycles. The van der Waals surface area contributed by atoms with Crippen molar-refractivity contribution in [1.82, 2.24) is 4.90 Å². The normalized spacial score (nSPS) is 29.1. The van der Waals surface area contributed by atoms with Crippen molar-refractivity contribution in [2.24, 2.45) is 5.73 Å². The molecule has 0 aliphatic carbocycles. The van der Waals surface area contributed by atoms with Gasteiger partial charge in [-0.1, -0.05) is 6.07 Å². The molecule has 3 unspecified atom stereocenters. The Bertz CT molecular complexity index is 566. The quantitative estimate of drug-likeness (QED) is 0.864. The highest BCUT2D eigenvalue weighted by Crippen LogP contribution is 2.33. The van der Waals surface area contributed by atoms with Gasteiger partial charge in [-0.2, -0.15) is 0 Å². The van der Waals surface area contributed by atoms with Crippen molar-refractivity contribution in [3.05, 3.63) is 23.8 Å². The largest absolute Gasteiger partial charge is 0.492 e. The van der Waals surface area contributed by atoms with Gasteiger partial charge in [0.15, 0.2) is 0 Å². The predicted molar refractivity (Wildman–Crippen MR) is 96.3 cm³/mol. The number of ether oxygens (including phenoxy) is 1. The van der Waals surface area contributed by atoms with Crippen molar-refractivity contribution in [2.75, 3.05) is 24.6 Å². The van der Waals surface area contributed by atoms with E-state index in [0.29, 0.717) is 18.7 Å². The van der Waals surface area contributed by atoms with Crippen molar-refractivity contribution >= 4 is 5.69 Å². The van der Waals surface area contributed by atoms with Crippen molar-refractivity contribution in [2.45, 2.75) is 64.7 Å². The van der Waals surface area contributed by atoms with Gasteiger partial charge in [-0.25, -0.2) is 0 Å². The number of benzene rings is 1. The van der Waals surface area contributed by atoms with Crippen LogP contribution < -0.4 is 15.4 Å². The van der Waals surface area contributed by atoms with Crippen LogP contribution in [0.3, 0.4) is 0 Å². The number of fused-ring (bicyclic) bond motifs is 1. The number of piperazine rings is 1. The molecule has 0 spiro atoms. The van der Waals surface area contributed by atoms with Crippen LogP contribution in [0.15, 0.2) is 18.2 Å². The molecular weight excluding hydrogens is 286 g/mol. The average Bonchev–Trinajstić information content (AvgIpc) is 2.48. The lowest BCUT2D eigenvalue weighted by atomic mass is 9.95. The minimum absolute atomic E-state index is 0.127. The number of hydrogen-bond donors (Lipinski definition) is 1. The van der Waals surface area contributed by atoms with Gasteiger partial charge in [0.1, 0.15) is 12.4 Å². The molecule has 1 fully saturated rings. The van der Waals surface area contributed by atoms with Crippen LogP contribution in [-0.4, -0.2) is 48.3 Å². The molecule has 4 heteroatoms. The van der Waals surface area contributed by atoms with E-state index in [9.17, 15) is 0 Å². The Morgan fingerprint density at radius 3 is 2.57 bits per heavy atom. The third kappa shape index (κ3) is 3.20. The molecule has 2 heterocycles. The molecule has 3 atom stereocenters. The van der Waals surface area contributed by atoms with Crippen LogP contribution in [0.25, 0.3) is 0 Å². The Balaban J connectivity index is 1.80. The van der Waals surface area contributed by atoms with E-state index >= 15 is 0 Å². The summed E-state index contributed by atoms with van der Waals surface area (Å²) in [5.74, 6) is 1.02. The minimum Gasteiger partial charge on any atom is -0.492 e. The van der Waals surface area contributed by atoms with E-state index in [1.54, 1.807) is 0 Å². The van der Waals surface area contributed by atoms with E-state index in [1.807, 2.05) is 0 Å². The molecule has 1 saturated heterocycles. The highest BCUT2D eigenvalue weighted by molar-refractivity contribution is 5.55. The molecule has 2 aliphatic rings. The fourth-order valence-corrected chi connectivity index (χ4v) is 4.02. The maximum absolute atomic E-state index is 5.99. The lowest BCUT2D eigenvalue weighted by Crippen LogP contribution is -2.62. The van der Waals surface area contributed by atoms with Crippen LogP contribution in [0.1, 0.15) is 40.2 Å². The van der Waals surface area contributed by atoms with Crippen LogP contribution in [0, 0.1) is 0 Å². The summed E-state index contributed by atoms with van der Waals surface area (Å²) >= 11 is 0. The van der Waals surface area contributed by atoms with Crippen molar-refractivity contribution in [1.29, 1.82) is 0 Å². The molecule has 1 aromatic carbocycles. The SMILES string of the molecule is CC1C(C)N(C(C)(C)C)CCN1c1ccc2c(c1)OCC(N)C2. The van der Waals surface area contributed by atoms with Crippen LogP contribution in [0.4, 0.5) is 5.69 Å². The molecule has 0 bridgehead atoms. The Morgan fingerprint density at radius 1 is 1.13 bits per heavy atom. The van der Waals surface area contributed by atoms with E-state index in [-0.39, 0.29) is 11.6 Å². The van der Waals surface area contributed by atoms with Gasteiger partial charge >= 0.3 is 0 Å². The molecule has 0 aromatic heterocycles. The summed E-state index contributed by atoms with van der Waals surface area (Å²) in [6, 6.07) is 7.76. The third-order valence-electron chi connectivity index (χ3n) is 5.44. The highest BCUT2D eigenvalue weighted by atomic mass is 16.5. The third-order valence-corrected chi connectivity index (χ3v) is 5.44. The molecule has 3 rings (SSSR count). The maximum atomic E-state index is 5.99. The number of rotatable bonds is 1. The molecule has 4 nitrogen and oxygen atoms in total. The first-order chi connectivity index (χ1) is 10.8. The minimum atomic E-state index is 0.127. The first-order valence-corrected chi connectivity index (χ1v) is 8.82. The van der Waals surface area contributed by atoms with E-state index in [0.717, 1.165) is 25.3 Å². The topological polar surface area (TPSA) is 41.7 Å². The fraction of sp³-hybridized carbons (Fsp3) is 0.684. The lowest BCUT2D eigenvalue weighted by molar-refractivity contribution is 0.0604. The van der Waals surface area contributed by atoms with E-state index in [4.69, 9.17) is 10.5 Å². The summed E-state index contributed by atoms with van der Waals surface area (Å²) in [4.78, 5) is 5.13. The molecule has 2 N–H and O–H groups in total. The molecular formula is C19H31N3O. The van der Waals surface area contributed by atoms with Gasteiger partial charge in [0.05, 0.1) is 0 Å². The summed E-state index contributed by atoms with van der Waals surface area (Å²) in [6.07, 6.45) is 0.916. The van der Waals surface area contributed by atoms with E-state index in [1.165, 1.54) is 11.3 Å². The summed E-state index contributed by atoms with van der Waals surface area (Å²) in [7, 11) is 0. The van der Waals surface area contributed by atoms with Crippen LogP contribution in [-0.2, 0) is 6.42 Å². The standard InChI is InChI=1S/C19H31N3O/c1-13-14(2)22(19(3,4)5)9-8-21(13)17-7-6-15-10-16(20)12-23-18(15)11-17/h6-7,11,13-14,16H,8-10,12,20H2,1-5H3. The average molecular weight is 317 g/mol. The van der Waals surface area contributed by atoms with E-state index in [2.05, 4.69) is 62.6 Å². The van der Waals surface area contributed by atoms with Crippen LogP contribution in [0.2, 0.25) is 0 Å². The Hall–Kier alpha value is -1.26. The van der Waals surface area contributed by atoms with Gasteiger partial charge in [0.25, 0.3) is 0 Å². The number of anilines is 1. The van der Waals surface area contributed by atoms with Gasteiger partial charge in [-0.3, -0.25) is 4.90 Å². The molecule has 0 radical (unpaired) electrons. The van der Waals surface area contributed by atoms with Crippen LogP contribution in [0.5, 0.6) is 5.75 Å². The smallest absolute Gasteiger partial charge is 0.124 e. The first-order valence-electron chi connectivity index (χ1n) is 8.82. The fourth-order valence-electron chi connectivity index (χ4n) is 4.02. The summed E-state index contributed by atoms with van der Waals surface area (Å²) in [5.41, 5.74) is 8.71. The second-order valence-corrected chi connectivity index (χ2v) is 8.11. The lowest BCUT2D eigenvalue weighted by Gasteiger charge is -2.51. The van der Waals surface area contributed by atoms with E-state index < -0.39 is 0 Å². The highest BCUT2D eigenvalue weighted by Gasteiger charge is 2.36. The molecule has 128 valence electrons. The van der Waals surface area contributed by atoms with Gasteiger partial charge in [0.2, 0.25) is 0 Å². The summed E-state index contributed by atoms with van der Waals surface area (Å²) in [5, 5.41) is 0. The van der Waals surface area contributed by atoms with Gasteiger partial charge < -0.3 is 15.4 Å². The van der Waals surface area contributed by atoms with Crippen molar-refractivity contribution in [3.8, 4) is 5.75 Å². The zero-order valence-corrected chi connectivity index (χ0v) is 15.2. The Morgan fingerprint density at radius 2 is 1.87 bits per heavy atom. The van der Waals surface area contributed by atoms with Crippen molar-refractivity contribution in [3.63, 3.8) is 0 Å².